The zero-order valence-electron chi connectivity index (χ0n) is 11.8. The van der Waals surface area contributed by atoms with Crippen LogP contribution in [0.25, 0.3) is 4.96 Å². The van der Waals surface area contributed by atoms with Crippen LogP contribution in [0.1, 0.15) is 30.5 Å². The fourth-order valence-electron chi connectivity index (χ4n) is 2.57. The minimum absolute atomic E-state index is 0.228. The first-order chi connectivity index (χ1) is 9.39. The Hall–Kier alpha value is -0.990. The van der Waals surface area contributed by atoms with E-state index in [1.165, 1.54) is 15.9 Å². The predicted octanol–water partition coefficient (Wildman–Crippen LogP) is 1.83. The first-order valence-corrected chi connectivity index (χ1v) is 8.98. The third kappa shape index (κ3) is 2.15. The summed E-state index contributed by atoms with van der Waals surface area (Å²) < 4.78 is 28.7. The summed E-state index contributed by atoms with van der Waals surface area (Å²) >= 11 is 1.41. The second kappa shape index (κ2) is 4.78. The molecule has 1 saturated heterocycles. The zero-order valence-corrected chi connectivity index (χ0v) is 13.5. The molecule has 110 valence electrons. The average molecular weight is 314 g/mol. The van der Waals surface area contributed by atoms with Gasteiger partial charge in [0.1, 0.15) is 5.01 Å². The number of rotatable bonds is 2. The van der Waals surface area contributed by atoms with Crippen molar-refractivity contribution in [3.63, 3.8) is 0 Å². The van der Waals surface area contributed by atoms with E-state index in [0.717, 1.165) is 17.8 Å². The minimum atomic E-state index is -3.51. The van der Waals surface area contributed by atoms with Crippen molar-refractivity contribution in [2.45, 2.75) is 38.6 Å². The highest BCUT2D eigenvalue weighted by molar-refractivity contribution is 7.89. The first kappa shape index (κ1) is 14.0. The van der Waals surface area contributed by atoms with Crippen molar-refractivity contribution >= 4 is 26.3 Å². The standard InChI is InChI=1S/C12H18N4O2S2/c1-8-4-6-15(7-5-8)20(17,18)11-9(2)13-12-16(11)14-10(3)19-12/h8H,4-7H2,1-3H3. The molecule has 0 aromatic carbocycles. The van der Waals surface area contributed by atoms with E-state index in [2.05, 4.69) is 17.0 Å². The number of sulfonamides is 1. The molecule has 0 spiro atoms. The highest BCUT2D eigenvalue weighted by atomic mass is 32.2. The van der Waals surface area contributed by atoms with Crippen LogP contribution in [-0.2, 0) is 10.0 Å². The van der Waals surface area contributed by atoms with E-state index in [9.17, 15) is 8.42 Å². The fourth-order valence-corrected chi connectivity index (χ4v) is 5.12. The van der Waals surface area contributed by atoms with Gasteiger partial charge in [-0.3, -0.25) is 0 Å². The predicted molar refractivity (Wildman–Crippen MR) is 77.5 cm³/mol. The zero-order chi connectivity index (χ0) is 14.5. The summed E-state index contributed by atoms with van der Waals surface area (Å²) in [6.45, 7) is 6.92. The summed E-state index contributed by atoms with van der Waals surface area (Å²) in [5.74, 6) is 0.592. The van der Waals surface area contributed by atoms with Gasteiger partial charge in [0.25, 0.3) is 10.0 Å². The van der Waals surface area contributed by atoms with Crippen molar-refractivity contribution in [3.05, 3.63) is 10.7 Å². The summed E-state index contributed by atoms with van der Waals surface area (Å²) in [6, 6.07) is 0. The molecule has 0 amide bonds. The molecule has 0 aliphatic carbocycles. The molecule has 0 radical (unpaired) electrons. The Labute approximate surface area is 122 Å². The number of nitrogens with zero attached hydrogens (tertiary/aromatic N) is 4. The molecule has 0 saturated carbocycles. The molecular weight excluding hydrogens is 296 g/mol. The van der Waals surface area contributed by atoms with E-state index >= 15 is 0 Å². The fraction of sp³-hybridized carbons (Fsp3) is 0.667. The van der Waals surface area contributed by atoms with Gasteiger partial charge in [-0.05, 0) is 32.6 Å². The van der Waals surface area contributed by atoms with Crippen LogP contribution in [0.5, 0.6) is 0 Å². The third-order valence-corrected chi connectivity index (χ3v) is 6.58. The van der Waals surface area contributed by atoms with Crippen molar-refractivity contribution < 1.29 is 8.42 Å². The largest absolute Gasteiger partial charge is 0.262 e. The number of aryl methyl sites for hydroxylation is 2. The van der Waals surface area contributed by atoms with Crippen LogP contribution >= 0.6 is 11.3 Å². The normalized spacial score (nSPS) is 18.9. The lowest BCUT2D eigenvalue weighted by Crippen LogP contribution is -2.38. The molecule has 0 N–H and O–H groups in total. The van der Waals surface area contributed by atoms with Crippen LogP contribution < -0.4 is 0 Å². The Bertz CT molecular complexity index is 739. The van der Waals surface area contributed by atoms with Gasteiger partial charge >= 0.3 is 0 Å². The number of fused-ring (bicyclic) bond motifs is 1. The summed E-state index contributed by atoms with van der Waals surface area (Å²) in [5, 5.41) is 5.32. The summed E-state index contributed by atoms with van der Waals surface area (Å²) in [4.78, 5) is 4.97. The molecule has 2 aromatic heterocycles. The molecule has 0 bridgehead atoms. The lowest BCUT2D eigenvalue weighted by molar-refractivity contribution is 0.287. The Balaban J connectivity index is 2.06. The van der Waals surface area contributed by atoms with Gasteiger partial charge in [0.15, 0.2) is 5.03 Å². The number of piperidine rings is 1. The number of hydrogen-bond donors (Lipinski definition) is 0. The highest BCUT2D eigenvalue weighted by Crippen LogP contribution is 2.27. The van der Waals surface area contributed by atoms with Crippen LogP contribution in [0.2, 0.25) is 0 Å². The van der Waals surface area contributed by atoms with E-state index in [-0.39, 0.29) is 5.03 Å². The molecule has 6 nitrogen and oxygen atoms in total. The van der Waals surface area contributed by atoms with Crippen molar-refractivity contribution in [1.82, 2.24) is 18.9 Å². The van der Waals surface area contributed by atoms with Gasteiger partial charge in [0.05, 0.1) is 5.69 Å². The van der Waals surface area contributed by atoms with Gasteiger partial charge in [-0.1, -0.05) is 18.3 Å². The van der Waals surface area contributed by atoms with Crippen molar-refractivity contribution in [2.75, 3.05) is 13.1 Å². The van der Waals surface area contributed by atoms with E-state index in [4.69, 9.17) is 0 Å². The number of aromatic nitrogens is 3. The second-order valence-corrected chi connectivity index (χ2v) is 8.42. The van der Waals surface area contributed by atoms with Crippen molar-refractivity contribution in [3.8, 4) is 0 Å². The maximum absolute atomic E-state index is 12.8. The monoisotopic (exact) mass is 314 g/mol. The minimum Gasteiger partial charge on any atom is -0.221 e. The molecule has 8 heteroatoms. The third-order valence-electron chi connectivity index (χ3n) is 3.75. The Morgan fingerprint density at radius 2 is 1.90 bits per heavy atom. The van der Waals surface area contributed by atoms with Gasteiger partial charge < -0.3 is 0 Å². The van der Waals surface area contributed by atoms with E-state index in [1.807, 2.05) is 6.92 Å². The van der Waals surface area contributed by atoms with Crippen molar-refractivity contribution in [2.24, 2.45) is 5.92 Å². The highest BCUT2D eigenvalue weighted by Gasteiger charge is 2.33. The van der Waals surface area contributed by atoms with Gasteiger partial charge in [-0.25, -0.2) is 13.4 Å². The van der Waals surface area contributed by atoms with Crippen molar-refractivity contribution in [1.29, 1.82) is 0 Å². The molecule has 20 heavy (non-hydrogen) atoms. The van der Waals surface area contributed by atoms with Gasteiger partial charge in [0, 0.05) is 13.1 Å². The van der Waals surface area contributed by atoms with Crippen LogP contribution in [-0.4, -0.2) is 40.4 Å². The smallest absolute Gasteiger partial charge is 0.221 e. The van der Waals surface area contributed by atoms with E-state index < -0.39 is 10.0 Å². The maximum atomic E-state index is 12.8. The molecule has 1 aliphatic rings. The Morgan fingerprint density at radius 3 is 2.55 bits per heavy atom. The average Bonchev–Trinajstić information content (AvgIpc) is 2.83. The van der Waals surface area contributed by atoms with Gasteiger partial charge in [-0.15, -0.1) is 0 Å². The summed E-state index contributed by atoms with van der Waals surface area (Å²) in [7, 11) is -3.51. The topological polar surface area (TPSA) is 67.6 Å². The van der Waals surface area contributed by atoms with Gasteiger partial charge in [-0.2, -0.15) is 13.9 Å². The molecule has 1 aliphatic heterocycles. The quantitative estimate of drug-likeness (QED) is 0.848. The summed E-state index contributed by atoms with van der Waals surface area (Å²) in [6.07, 6.45) is 1.83. The number of imidazole rings is 1. The Kier molecular flexibility index (Phi) is 3.34. The number of hydrogen-bond acceptors (Lipinski definition) is 5. The molecule has 2 aromatic rings. The van der Waals surface area contributed by atoms with E-state index in [1.54, 1.807) is 11.2 Å². The lowest BCUT2D eigenvalue weighted by Gasteiger charge is -2.29. The maximum Gasteiger partial charge on any atom is 0.262 e. The molecule has 1 fully saturated rings. The molecule has 0 unspecified atom stereocenters. The van der Waals surface area contributed by atoms with Gasteiger partial charge in [0.2, 0.25) is 4.96 Å². The first-order valence-electron chi connectivity index (χ1n) is 6.72. The second-order valence-electron chi connectivity index (χ2n) is 5.40. The van der Waals surface area contributed by atoms with Crippen LogP contribution in [0.15, 0.2) is 5.03 Å². The van der Waals surface area contributed by atoms with Crippen LogP contribution in [0.3, 0.4) is 0 Å². The summed E-state index contributed by atoms with van der Waals surface area (Å²) in [5.41, 5.74) is 0.530. The van der Waals surface area contributed by atoms with Crippen LogP contribution in [0.4, 0.5) is 0 Å². The Morgan fingerprint density at radius 1 is 1.25 bits per heavy atom. The molecule has 3 heterocycles. The van der Waals surface area contributed by atoms with E-state index in [0.29, 0.717) is 29.7 Å². The lowest BCUT2D eigenvalue weighted by atomic mass is 10.0. The molecule has 0 atom stereocenters. The molecular formula is C12H18N4O2S2. The van der Waals surface area contributed by atoms with Crippen LogP contribution in [0, 0.1) is 19.8 Å². The molecule has 3 rings (SSSR count). The SMILES string of the molecule is Cc1nn2c(S(=O)(=O)N3CCC(C)CC3)c(C)nc2s1.